The first-order valence-corrected chi connectivity index (χ1v) is 5.93. The van der Waals surface area contributed by atoms with Gasteiger partial charge in [-0.25, -0.2) is 4.79 Å². The molecule has 94 valence electrons. The molecule has 1 heterocycles. The number of ether oxygens (including phenoxy) is 1. The van der Waals surface area contributed by atoms with Gasteiger partial charge in [-0.05, 0) is 25.5 Å². The second kappa shape index (κ2) is 4.69. The van der Waals surface area contributed by atoms with E-state index in [9.17, 15) is 4.79 Å². The SMILES string of the molecule is C=Cc1ccc2c(C(=O)OC)cn(C(C)C)c2c1. The zero-order valence-electron chi connectivity index (χ0n) is 10.9. The summed E-state index contributed by atoms with van der Waals surface area (Å²) in [4.78, 5) is 11.8. The number of nitrogens with zero attached hydrogens (tertiary/aromatic N) is 1. The third kappa shape index (κ3) is 1.92. The molecule has 0 amide bonds. The Balaban J connectivity index is 2.75. The Morgan fingerprint density at radius 3 is 2.72 bits per heavy atom. The van der Waals surface area contributed by atoms with E-state index in [1.165, 1.54) is 7.11 Å². The van der Waals surface area contributed by atoms with Crippen molar-refractivity contribution in [2.75, 3.05) is 7.11 Å². The van der Waals surface area contributed by atoms with Crippen LogP contribution in [-0.4, -0.2) is 17.6 Å². The van der Waals surface area contributed by atoms with E-state index in [1.54, 1.807) is 6.08 Å². The molecule has 1 aromatic carbocycles. The van der Waals surface area contributed by atoms with Gasteiger partial charge >= 0.3 is 5.97 Å². The zero-order valence-corrected chi connectivity index (χ0v) is 10.9. The molecule has 0 aliphatic carbocycles. The van der Waals surface area contributed by atoms with Gasteiger partial charge < -0.3 is 9.30 Å². The molecular weight excluding hydrogens is 226 g/mol. The van der Waals surface area contributed by atoms with Crippen molar-refractivity contribution < 1.29 is 9.53 Å². The standard InChI is InChI=1S/C15H17NO2/c1-5-11-6-7-12-13(15(17)18-4)9-16(10(2)3)14(12)8-11/h5-10H,1H2,2-4H3. The normalized spacial score (nSPS) is 10.9. The van der Waals surface area contributed by atoms with Gasteiger partial charge in [0.2, 0.25) is 0 Å². The highest BCUT2D eigenvalue weighted by Gasteiger charge is 2.16. The molecule has 0 fully saturated rings. The number of methoxy groups -OCH3 is 1. The number of aromatic nitrogens is 1. The average Bonchev–Trinajstić information content (AvgIpc) is 2.76. The summed E-state index contributed by atoms with van der Waals surface area (Å²) in [5, 5.41) is 0.918. The Hall–Kier alpha value is -2.03. The van der Waals surface area contributed by atoms with Crippen LogP contribution in [0.3, 0.4) is 0 Å². The van der Waals surface area contributed by atoms with Crippen molar-refractivity contribution in [3.63, 3.8) is 0 Å². The minimum atomic E-state index is -0.300. The molecule has 0 spiro atoms. The highest BCUT2D eigenvalue weighted by molar-refractivity contribution is 6.04. The number of rotatable bonds is 3. The Morgan fingerprint density at radius 2 is 2.17 bits per heavy atom. The predicted molar refractivity (Wildman–Crippen MR) is 73.8 cm³/mol. The zero-order chi connectivity index (χ0) is 13.3. The lowest BCUT2D eigenvalue weighted by Crippen LogP contribution is -2.01. The van der Waals surface area contributed by atoms with Crippen LogP contribution in [0.15, 0.2) is 31.0 Å². The number of hydrogen-bond acceptors (Lipinski definition) is 2. The van der Waals surface area contributed by atoms with Crippen LogP contribution in [0.5, 0.6) is 0 Å². The minimum absolute atomic E-state index is 0.283. The Kier molecular flexibility index (Phi) is 3.24. The maximum Gasteiger partial charge on any atom is 0.340 e. The van der Waals surface area contributed by atoms with Crippen LogP contribution in [0, 0.1) is 0 Å². The topological polar surface area (TPSA) is 31.2 Å². The quantitative estimate of drug-likeness (QED) is 0.770. The fourth-order valence-electron chi connectivity index (χ4n) is 2.10. The molecule has 0 bridgehead atoms. The molecule has 3 nitrogen and oxygen atoms in total. The second-order valence-corrected chi connectivity index (χ2v) is 4.52. The van der Waals surface area contributed by atoms with E-state index in [0.717, 1.165) is 16.5 Å². The van der Waals surface area contributed by atoms with Gasteiger partial charge in [-0.3, -0.25) is 0 Å². The van der Waals surface area contributed by atoms with Crippen molar-refractivity contribution in [2.24, 2.45) is 0 Å². The molecule has 0 N–H and O–H groups in total. The molecule has 0 saturated carbocycles. The molecule has 1 aromatic heterocycles. The lowest BCUT2D eigenvalue weighted by Gasteiger charge is -2.09. The Morgan fingerprint density at radius 1 is 1.44 bits per heavy atom. The van der Waals surface area contributed by atoms with E-state index >= 15 is 0 Å². The number of carbonyl (C=O) groups is 1. The third-order valence-electron chi connectivity index (χ3n) is 3.06. The molecule has 0 aliphatic rings. The first-order chi connectivity index (χ1) is 8.58. The van der Waals surface area contributed by atoms with Gasteiger partial charge in [0.05, 0.1) is 12.7 Å². The number of fused-ring (bicyclic) bond motifs is 1. The van der Waals surface area contributed by atoms with Crippen molar-refractivity contribution in [1.82, 2.24) is 4.57 Å². The van der Waals surface area contributed by atoms with E-state index in [-0.39, 0.29) is 12.0 Å². The van der Waals surface area contributed by atoms with Gasteiger partial charge in [0.15, 0.2) is 0 Å². The van der Waals surface area contributed by atoms with Crippen LogP contribution >= 0.6 is 0 Å². The fourth-order valence-corrected chi connectivity index (χ4v) is 2.10. The maximum atomic E-state index is 11.8. The van der Waals surface area contributed by atoms with Gasteiger partial charge in [-0.2, -0.15) is 0 Å². The Labute approximate surface area is 107 Å². The number of esters is 1. The summed E-state index contributed by atoms with van der Waals surface area (Å²) in [6.45, 7) is 7.94. The van der Waals surface area contributed by atoms with E-state index < -0.39 is 0 Å². The summed E-state index contributed by atoms with van der Waals surface area (Å²) in [5.41, 5.74) is 2.68. The van der Waals surface area contributed by atoms with Crippen LogP contribution in [0.25, 0.3) is 17.0 Å². The first kappa shape index (κ1) is 12.4. The number of hydrogen-bond donors (Lipinski definition) is 0. The van der Waals surface area contributed by atoms with Gasteiger partial charge in [-0.15, -0.1) is 0 Å². The lowest BCUT2D eigenvalue weighted by atomic mass is 10.1. The minimum Gasteiger partial charge on any atom is -0.465 e. The molecule has 2 aromatic rings. The highest BCUT2D eigenvalue weighted by Crippen LogP contribution is 2.26. The fraction of sp³-hybridized carbons (Fsp3) is 0.267. The summed E-state index contributed by atoms with van der Waals surface area (Å²) in [7, 11) is 1.40. The molecule has 0 aliphatic heterocycles. The molecule has 18 heavy (non-hydrogen) atoms. The first-order valence-electron chi connectivity index (χ1n) is 5.93. The number of benzene rings is 1. The summed E-state index contributed by atoms with van der Waals surface area (Å²) in [6.07, 6.45) is 3.66. The smallest absolute Gasteiger partial charge is 0.340 e. The van der Waals surface area contributed by atoms with Crippen molar-refractivity contribution in [1.29, 1.82) is 0 Å². The van der Waals surface area contributed by atoms with Gasteiger partial charge in [0.1, 0.15) is 0 Å². The molecule has 0 unspecified atom stereocenters. The highest BCUT2D eigenvalue weighted by atomic mass is 16.5. The van der Waals surface area contributed by atoms with E-state index in [1.807, 2.05) is 24.4 Å². The predicted octanol–water partition coefficient (Wildman–Crippen LogP) is 3.65. The largest absolute Gasteiger partial charge is 0.465 e. The van der Waals surface area contributed by atoms with Crippen molar-refractivity contribution in [3.05, 3.63) is 42.1 Å². The molecule has 3 heteroatoms. The van der Waals surface area contributed by atoms with E-state index in [2.05, 4.69) is 25.0 Å². The van der Waals surface area contributed by atoms with Crippen LogP contribution in [0.4, 0.5) is 0 Å². The summed E-state index contributed by atoms with van der Waals surface area (Å²) in [5.74, 6) is -0.300. The maximum absolute atomic E-state index is 11.8. The van der Waals surface area contributed by atoms with Crippen LogP contribution in [-0.2, 0) is 4.74 Å². The molecule has 2 rings (SSSR count). The third-order valence-corrected chi connectivity index (χ3v) is 3.06. The van der Waals surface area contributed by atoms with E-state index in [0.29, 0.717) is 5.56 Å². The number of carbonyl (C=O) groups excluding carboxylic acids is 1. The van der Waals surface area contributed by atoms with Crippen LogP contribution in [0.1, 0.15) is 35.8 Å². The van der Waals surface area contributed by atoms with Gasteiger partial charge in [0, 0.05) is 23.1 Å². The second-order valence-electron chi connectivity index (χ2n) is 4.52. The summed E-state index contributed by atoms with van der Waals surface area (Å²) >= 11 is 0. The van der Waals surface area contributed by atoms with E-state index in [4.69, 9.17) is 4.74 Å². The monoisotopic (exact) mass is 243 g/mol. The van der Waals surface area contributed by atoms with Gasteiger partial charge in [-0.1, -0.05) is 24.8 Å². The van der Waals surface area contributed by atoms with Crippen molar-refractivity contribution >= 4 is 22.9 Å². The molecule has 0 saturated heterocycles. The van der Waals surface area contributed by atoms with Crippen molar-refractivity contribution in [2.45, 2.75) is 19.9 Å². The molecular formula is C15H17NO2. The lowest BCUT2D eigenvalue weighted by molar-refractivity contribution is 0.0602. The summed E-state index contributed by atoms with van der Waals surface area (Å²) in [6, 6.07) is 6.21. The van der Waals surface area contributed by atoms with Crippen molar-refractivity contribution in [3.8, 4) is 0 Å². The van der Waals surface area contributed by atoms with Crippen LogP contribution < -0.4 is 0 Å². The average molecular weight is 243 g/mol. The van der Waals surface area contributed by atoms with Crippen LogP contribution in [0.2, 0.25) is 0 Å². The Bertz CT molecular complexity index is 608. The summed E-state index contributed by atoms with van der Waals surface area (Å²) < 4.78 is 6.90. The van der Waals surface area contributed by atoms with Gasteiger partial charge in [0.25, 0.3) is 0 Å². The molecule has 0 atom stereocenters. The molecule has 0 radical (unpaired) electrons.